The minimum absolute atomic E-state index is 0.0487. The Morgan fingerprint density at radius 1 is 1.53 bits per heavy atom. The number of unbranched alkanes of at least 4 members (excludes halogenated alkanes) is 1. The van der Waals surface area contributed by atoms with Gasteiger partial charge in [-0.3, -0.25) is 14.9 Å². The van der Waals surface area contributed by atoms with Crippen LogP contribution in [-0.2, 0) is 0 Å². The first-order valence-electron chi connectivity index (χ1n) is 6.39. The molecule has 0 aliphatic heterocycles. The Balaban J connectivity index is 2.04. The lowest BCUT2D eigenvalue weighted by Gasteiger charge is -2.07. The molecule has 7 nitrogen and oxygen atoms in total. The van der Waals surface area contributed by atoms with Crippen LogP contribution in [0.15, 0.2) is 12.3 Å². The summed E-state index contributed by atoms with van der Waals surface area (Å²) in [6.45, 7) is 0.558. The van der Waals surface area contributed by atoms with E-state index in [9.17, 15) is 14.9 Å². The van der Waals surface area contributed by atoms with Crippen LogP contribution in [-0.4, -0.2) is 33.7 Å². The van der Waals surface area contributed by atoms with Crippen LogP contribution < -0.4 is 5.32 Å². The molecule has 1 aliphatic carbocycles. The normalized spacial score (nSPS) is 14.4. The van der Waals surface area contributed by atoms with Crippen LogP contribution in [0.3, 0.4) is 0 Å². The molecule has 7 heteroatoms. The molecule has 1 saturated carbocycles. The number of aliphatic hydroxyl groups is 1. The molecule has 2 rings (SSSR count). The first-order chi connectivity index (χ1) is 9.13. The third kappa shape index (κ3) is 3.31. The molecule has 2 N–H and O–H groups in total. The largest absolute Gasteiger partial charge is 0.396 e. The van der Waals surface area contributed by atoms with Crippen molar-refractivity contribution in [3.05, 3.63) is 28.1 Å². The van der Waals surface area contributed by atoms with E-state index in [2.05, 4.69) is 5.32 Å². The third-order valence-electron chi connectivity index (χ3n) is 3.09. The Kier molecular flexibility index (Phi) is 4.16. The van der Waals surface area contributed by atoms with Gasteiger partial charge in [-0.1, -0.05) is 0 Å². The first kappa shape index (κ1) is 13.5. The molecule has 1 heterocycles. The van der Waals surface area contributed by atoms with Gasteiger partial charge in [0.05, 0.1) is 11.1 Å². The number of aromatic nitrogens is 1. The summed E-state index contributed by atoms with van der Waals surface area (Å²) in [5, 5.41) is 22.1. The molecule has 0 atom stereocenters. The van der Waals surface area contributed by atoms with Crippen molar-refractivity contribution < 1.29 is 14.8 Å². The molecule has 0 unspecified atom stereocenters. The Bertz CT molecular complexity index is 479. The summed E-state index contributed by atoms with van der Waals surface area (Å²) in [6.07, 6.45) is 4.66. The lowest BCUT2D eigenvalue weighted by molar-refractivity contribution is -0.384. The van der Waals surface area contributed by atoms with E-state index in [-0.39, 0.29) is 24.2 Å². The molecule has 1 fully saturated rings. The molecule has 104 valence electrons. The van der Waals surface area contributed by atoms with Gasteiger partial charge in [-0.2, -0.15) is 0 Å². The van der Waals surface area contributed by atoms with E-state index in [1.54, 1.807) is 4.57 Å². The van der Waals surface area contributed by atoms with Crippen molar-refractivity contribution in [3.8, 4) is 0 Å². The molecular weight excluding hydrogens is 250 g/mol. The summed E-state index contributed by atoms with van der Waals surface area (Å²) in [5.74, 6) is -0.294. The van der Waals surface area contributed by atoms with Crippen LogP contribution in [0.4, 0.5) is 5.69 Å². The lowest BCUT2D eigenvalue weighted by Crippen LogP contribution is -2.26. The van der Waals surface area contributed by atoms with Gasteiger partial charge in [-0.25, -0.2) is 0 Å². The Hall–Kier alpha value is -1.89. The molecule has 19 heavy (non-hydrogen) atoms. The fraction of sp³-hybridized carbons (Fsp3) is 0.583. The summed E-state index contributed by atoms with van der Waals surface area (Å²) in [7, 11) is 0. The number of nitro groups is 1. The van der Waals surface area contributed by atoms with Gasteiger partial charge in [0.2, 0.25) is 0 Å². The van der Waals surface area contributed by atoms with Crippen molar-refractivity contribution >= 4 is 11.6 Å². The minimum Gasteiger partial charge on any atom is -0.396 e. The zero-order valence-corrected chi connectivity index (χ0v) is 10.5. The summed E-state index contributed by atoms with van der Waals surface area (Å²) in [5.41, 5.74) is 0.297. The quantitative estimate of drug-likeness (QED) is 0.441. The highest BCUT2D eigenvalue weighted by Gasteiger charge is 2.30. The average Bonchev–Trinajstić information content (AvgIpc) is 3.12. The monoisotopic (exact) mass is 267 g/mol. The van der Waals surface area contributed by atoms with Crippen LogP contribution in [0, 0.1) is 10.1 Å². The summed E-state index contributed by atoms with van der Waals surface area (Å²) >= 11 is 0. The van der Waals surface area contributed by atoms with Crippen LogP contribution in [0.5, 0.6) is 0 Å². The Morgan fingerprint density at radius 3 is 2.84 bits per heavy atom. The van der Waals surface area contributed by atoms with Gasteiger partial charge in [-0.15, -0.1) is 0 Å². The molecule has 1 aromatic heterocycles. The highest BCUT2D eigenvalue weighted by Crippen LogP contribution is 2.37. The van der Waals surface area contributed by atoms with E-state index < -0.39 is 4.92 Å². The van der Waals surface area contributed by atoms with E-state index in [1.807, 2.05) is 0 Å². The van der Waals surface area contributed by atoms with Gasteiger partial charge in [0, 0.05) is 25.3 Å². The van der Waals surface area contributed by atoms with E-state index >= 15 is 0 Å². The average molecular weight is 267 g/mol. The third-order valence-corrected chi connectivity index (χ3v) is 3.09. The number of hydrogen-bond donors (Lipinski definition) is 2. The SMILES string of the molecule is O=C(NCCCCO)c1cc([N+](=O)[O-])cn1C1CC1. The van der Waals surface area contributed by atoms with Crippen molar-refractivity contribution in [2.24, 2.45) is 0 Å². The van der Waals surface area contributed by atoms with E-state index in [0.717, 1.165) is 12.8 Å². The highest BCUT2D eigenvalue weighted by atomic mass is 16.6. The predicted molar refractivity (Wildman–Crippen MR) is 68.0 cm³/mol. The molecule has 1 amide bonds. The second kappa shape index (κ2) is 5.83. The van der Waals surface area contributed by atoms with E-state index in [4.69, 9.17) is 5.11 Å². The number of nitrogens with zero attached hydrogens (tertiary/aromatic N) is 2. The zero-order valence-electron chi connectivity index (χ0n) is 10.5. The maximum absolute atomic E-state index is 12.0. The van der Waals surface area contributed by atoms with Crippen molar-refractivity contribution in [3.63, 3.8) is 0 Å². The fourth-order valence-electron chi connectivity index (χ4n) is 1.93. The lowest BCUT2D eigenvalue weighted by atomic mass is 10.3. The van der Waals surface area contributed by atoms with Gasteiger partial charge in [0.1, 0.15) is 5.69 Å². The highest BCUT2D eigenvalue weighted by molar-refractivity contribution is 5.93. The second-order valence-electron chi connectivity index (χ2n) is 4.67. The van der Waals surface area contributed by atoms with Crippen molar-refractivity contribution in [1.29, 1.82) is 0 Å². The van der Waals surface area contributed by atoms with Gasteiger partial charge in [0.15, 0.2) is 0 Å². The van der Waals surface area contributed by atoms with Gasteiger partial charge in [-0.05, 0) is 25.7 Å². The van der Waals surface area contributed by atoms with Crippen LogP contribution in [0.1, 0.15) is 42.2 Å². The molecule has 0 aromatic carbocycles. The molecule has 1 aliphatic rings. The van der Waals surface area contributed by atoms with E-state index in [0.29, 0.717) is 25.1 Å². The van der Waals surface area contributed by atoms with Crippen molar-refractivity contribution in [2.45, 2.75) is 31.7 Å². The molecule has 0 bridgehead atoms. The number of rotatable bonds is 7. The van der Waals surface area contributed by atoms with Crippen molar-refractivity contribution in [2.75, 3.05) is 13.2 Å². The second-order valence-corrected chi connectivity index (χ2v) is 4.67. The number of carbonyl (C=O) groups excluding carboxylic acids is 1. The van der Waals surface area contributed by atoms with Gasteiger partial charge >= 0.3 is 0 Å². The van der Waals surface area contributed by atoms with Crippen LogP contribution in [0.25, 0.3) is 0 Å². The molecule has 1 aromatic rings. The number of nitrogens with one attached hydrogen (secondary N) is 1. The topological polar surface area (TPSA) is 97.4 Å². The molecule has 0 spiro atoms. The Morgan fingerprint density at radius 2 is 2.26 bits per heavy atom. The van der Waals surface area contributed by atoms with Gasteiger partial charge in [0.25, 0.3) is 11.6 Å². The molecular formula is C12H17N3O4. The van der Waals surface area contributed by atoms with Gasteiger partial charge < -0.3 is 15.0 Å². The minimum atomic E-state index is -0.485. The smallest absolute Gasteiger partial charge is 0.287 e. The predicted octanol–water partition coefficient (Wildman–Crippen LogP) is 1.23. The molecule has 0 saturated heterocycles. The summed E-state index contributed by atoms with van der Waals surface area (Å²) < 4.78 is 1.69. The first-order valence-corrected chi connectivity index (χ1v) is 6.39. The zero-order chi connectivity index (χ0) is 13.8. The summed E-state index contributed by atoms with van der Waals surface area (Å²) in [4.78, 5) is 22.3. The maximum atomic E-state index is 12.0. The van der Waals surface area contributed by atoms with Crippen molar-refractivity contribution in [1.82, 2.24) is 9.88 Å². The van der Waals surface area contributed by atoms with Crippen LogP contribution >= 0.6 is 0 Å². The standard InChI is InChI=1S/C12H17N3O4/c16-6-2-1-5-13-12(17)11-7-10(15(18)19)8-14(11)9-3-4-9/h7-9,16H,1-6H2,(H,13,17). The number of carbonyl (C=O) groups is 1. The molecule has 0 radical (unpaired) electrons. The number of amides is 1. The summed E-state index contributed by atoms with van der Waals surface area (Å²) in [6, 6.07) is 1.53. The maximum Gasteiger partial charge on any atom is 0.287 e. The van der Waals surface area contributed by atoms with Crippen LogP contribution in [0.2, 0.25) is 0 Å². The van der Waals surface area contributed by atoms with E-state index in [1.165, 1.54) is 12.3 Å². The fourth-order valence-corrected chi connectivity index (χ4v) is 1.93. The Labute approximate surface area is 110 Å². The number of hydrogen-bond acceptors (Lipinski definition) is 4. The number of aliphatic hydroxyl groups excluding tert-OH is 1.